The van der Waals surface area contributed by atoms with Crippen molar-refractivity contribution in [2.45, 2.75) is 11.8 Å². The summed E-state index contributed by atoms with van der Waals surface area (Å²) in [5.74, 6) is -1.42. The van der Waals surface area contributed by atoms with Crippen molar-refractivity contribution in [1.82, 2.24) is 0 Å². The molecule has 0 aromatic heterocycles. The Bertz CT molecular complexity index is 926. The number of ether oxygens (including phenoxy) is 1. The first-order valence-corrected chi connectivity index (χ1v) is 8.84. The van der Waals surface area contributed by atoms with Crippen LogP contribution in [-0.2, 0) is 14.8 Å². The third kappa shape index (κ3) is 4.71. The summed E-state index contributed by atoms with van der Waals surface area (Å²) >= 11 is 5.94. The number of halogens is 1. The lowest BCUT2D eigenvalue weighted by Crippen LogP contribution is -2.15. The highest BCUT2D eigenvalue weighted by molar-refractivity contribution is 7.92. The number of Topliss-reactive ketones (excluding diaryl/α,β-unsaturated/α-hetero) is 1. The Labute approximate surface area is 149 Å². The number of carbonyl (C=O) groups excluding carboxylic acids is 1. The minimum Gasteiger partial charge on any atom is -0.480 e. The molecule has 0 atom stereocenters. The highest BCUT2D eigenvalue weighted by Gasteiger charge is 2.19. The van der Waals surface area contributed by atoms with Crippen molar-refractivity contribution in [3.05, 3.63) is 53.1 Å². The van der Waals surface area contributed by atoms with Gasteiger partial charge in [-0.3, -0.25) is 9.52 Å². The monoisotopic (exact) mass is 383 g/mol. The second kappa shape index (κ2) is 7.54. The highest BCUT2D eigenvalue weighted by Crippen LogP contribution is 2.29. The van der Waals surface area contributed by atoms with Gasteiger partial charge in [-0.05, 0) is 37.3 Å². The summed E-state index contributed by atoms with van der Waals surface area (Å²) in [4.78, 5) is 21.9. The van der Waals surface area contributed by atoms with Crippen LogP contribution in [0.1, 0.15) is 17.3 Å². The lowest BCUT2D eigenvalue weighted by Gasteiger charge is -2.12. The van der Waals surface area contributed by atoms with Crippen LogP contribution in [0.5, 0.6) is 5.75 Å². The first-order chi connectivity index (χ1) is 11.7. The third-order valence-electron chi connectivity index (χ3n) is 3.12. The molecule has 0 heterocycles. The molecule has 0 spiro atoms. The molecule has 0 saturated carbocycles. The van der Waals surface area contributed by atoms with Crippen molar-refractivity contribution >= 4 is 39.1 Å². The maximum Gasteiger partial charge on any atom is 0.341 e. The molecule has 0 radical (unpaired) electrons. The maximum atomic E-state index is 12.5. The van der Waals surface area contributed by atoms with Crippen LogP contribution < -0.4 is 9.46 Å². The van der Waals surface area contributed by atoms with Crippen LogP contribution >= 0.6 is 11.6 Å². The zero-order chi connectivity index (χ0) is 18.6. The van der Waals surface area contributed by atoms with Crippen LogP contribution in [-0.4, -0.2) is 31.9 Å². The number of benzene rings is 2. The van der Waals surface area contributed by atoms with Gasteiger partial charge >= 0.3 is 5.97 Å². The van der Waals surface area contributed by atoms with Crippen LogP contribution in [0.4, 0.5) is 5.69 Å². The molecule has 0 saturated heterocycles. The summed E-state index contributed by atoms with van der Waals surface area (Å²) in [6.45, 7) is 0.731. The first-order valence-electron chi connectivity index (χ1n) is 6.97. The van der Waals surface area contributed by atoms with E-state index in [-0.39, 0.29) is 32.7 Å². The van der Waals surface area contributed by atoms with Crippen molar-refractivity contribution in [2.75, 3.05) is 11.3 Å². The molecule has 2 rings (SSSR count). The second-order valence-corrected chi connectivity index (χ2v) is 7.07. The predicted octanol–water partition coefficient (Wildman–Crippen LogP) is 2.81. The van der Waals surface area contributed by atoms with Gasteiger partial charge < -0.3 is 9.84 Å². The maximum absolute atomic E-state index is 12.5. The van der Waals surface area contributed by atoms with Crippen molar-refractivity contribution in [3.8, 4) is 5.75 Å². The van der Waals surface area contributed by atoms with Gasteiger partial charge in [0, 0.05) is 5.56 Å². The van der Waals surface area contributed by atoms with E-state index in [1.807, 2.05) is 0 Å². The fourth-order valence-electron chi connectivity index (χ4n) is 1.99. The van der Waals surface area contributed by atoms with E-state index in [1.54, 1.807) is 12.1 Å². The van der Waals surface area contributed by atoms with Gasteiger partial charge in [0.15, 0.2) is 12.4 Å². The normalized spacial score (nSPS) is 11.0. The summed E-state index contributed by atoms with van der Waals surface area (Å²) < 4.78 is 32.3. The van der Waals surface area contributed by atoms with E-state index in [9.17, 15) is 18.0 Å². The molecule has 9 heteroatoms. The Balaban J connectivity index is 2.30. The van der Waals surface area contributed by atoms with Crippen LogP contribution in [0, 0.1) is 0 Å². The fraction of sp³-hybridized carbons (Fsp3) is 0.125. The van der Waals surface area contributed by atoms with E-state index < -0.39 is 22.6 Å². The van der Waals surface area contributed by atoms with Crippen LogP contribution in [0.15, 0.2) is 47.4 Å². The molecule has 132 valence electrons. The number of anilines is 1. The molecule has 0 unspecified atom stereocenters. The summed E-state index contributed by atoms with van der Waals surface area (Å²) in [6.07, 6.45) is 0. The van der Waals surface area contributed by atoms with Crippen LogP contribution in [0.25, 0.3) is 0 Å². The van der Waals surface area contributed by atoms with E-state index >= 15 is 0 Å². The second-order valence-electron chi connectivity index (χ2n) is 4.98. The number of aliphatic carboxylic acids is 1. The molecule has 2 N–H and O–H groups in total. The van der Waals surface area contributed by atoms with Gasteiger partial charge in [0.25, 0.3) is 10.0 Å². The van der Waals surface area contributed by atoms with E-state index in [2.05, 4.69) is 4.72 Å². The number of ketones is 1. The number of carboxylic acids is 1. The average molecular weight is 384 g/mol. The fourth-order valence-corrected chi connectivity index (χ4v) is 3.39. The molecule has 0 amide bonds. The van der Waals surface area contributed by atoms with Gasteiger partial charge in [-0.2, -0.15) is 0 Å². The van der Waals surface area contributed by atoms with Crippen molar-refractivity contribution in [2.24, 2.45) is 0 Å². The van der Waals surface area contributed by atoms with Gasteiger partial charge in [0.05, 0.1) is 15.6 Å². The zero-order valence-electron chi connectivity index (χ0n) is 13.0. The van der Waals surface area contributed by atoms with Crippen molar-refractivity contribution < 1.29 is 27.9 Å². The summed E-state index contributed by atoms with van der Waals surface area (Å²) in [7, 11) is -4.00. The molecule has 0 bridgehead atoms. The summed E-state index contributed by atoms with van der Waals surface area (Å²) in [5, 5.41) is 8.53. The Hall–Kier alpha value is -2.58. The van der Waals surface area contributed by atoms with Crippen molar-refractivity contribution in [1.29, 1.82) is 0 Å². The van der Waals surface area contributed by atoms with Gasteiger partial charge in [0.1, 0.15) is 5.75 Å². The molecule has 0 aliphatic rings. The summed E-state index contributed by atoms with van der Waals surface area (Å²) in [5.41, 5.74) is 0.385. The van der Waals surface area contributed by atoms with Crippen LogP contribution in [0.3, 0.4) is 0 Å². The number of rotatable bonds is 7. The standard InChI is InChI=1S/C16H14ClNO6S/c1-10(19)12-4-2-3-5-14(12)18-25(22,23)11-6-7-15(13(17)8-11)24-9-16(20)21/h2-8,18H,9H2,1H3,(H,20,21). The molecule has 7 nitrogen and oxygen atoms in total. The van der Waals surface area contributed by atoms with Gasteiger partial charge in [-0.25, -0.2) is 13.2 Å². The van der Waals surface area contributed by atoms with E-state index in [0.29, 0.717) is 0 Å². The Kier molecular flexibility index (Phi) is 5.66. The van der Waals surface area contributed by atoms with Gasteiger partial charge in [0.2, 0.25) is 0 Å². The molecule has 25 heavy (non-hydrogen) atoms. The number of para-hydroxylation sites is 1. The molecule has 0 aliphatic heterocycles. The first kappa shape index (κ1) is 18.8. The third-order valence-corrected chi connectivity index (χ3v) is 4.77. The number of nitrogens with one attached hydrogen (secondary N) is 1. The van der Waals surface area contributed by atoms with E-state index in [1.165, 1.54) is 31.2 Å². The minimum atomic E-state index is -4.00. The number of hydrogen-bond acceptors (Lipinski definition) is 5. The average Bonchev–Trinajstić information content (AvgIpc) is 2.53. The molecular weight excluding hydrogens is 370 g/mol. The largest absolute Gasteiger partial charge is 0.480 e. The number of sulfonamides is 1. The molecule has 0 aliphatic carbocycles. The number of carboxylic acid groups (broad SMARTS) is 1. The lowest BCUT2D eigenvalue weighted by atomic mass is 10.1. The molecule has 2 aromatic carbocycles. The Morgan fingerprint density at radius 2 is 1.88 bits per heavy atom. The number of hydrogen-bond donors (Lipinski definition) is 2. The molecular formula is C16H14ClNO6S. The van der Waals surface area contributed by atoms with Gasteiger partial charge in [-0.15, -0.1) is 0 Å². The van der Waals surface area contributed by atoms with E-state index in [0.717, 1.165) is 6.07 Å². The minimum absolute atomic E-state index is 0.0483. The quantitative estimate of drug-likeness (QED) is 0.711. The van der Waals surface area contributed by atoms with E-state index in [4.69, 9.17) is 21.4 Å². The lowest BCUT2D eigenvalue weighted by molar-refractivity contribution is -0.139. The highest BCUT2D eigenvalue weighted by atomic mass is 35.5. The topological polar surface area (TPSA) is 110 Å². The smallest absolute Gasteiger partial charge is 0.341 e. The van der Waals surface area contributed by atoms with Crippen LogP contribution in [0.2, 0.25) is 5.02 Å². The predicted molar refractivity (Wildman–Crippen MR) is 91.8 cm³/mol. The zero-order valence-corrected chi connectivity index (χ0v) is 14.6. The van der Waals surface area contributed by atoms with Gasteiger partial charge in [-0.1, -0.05) is 23.7 Å². The number of carbonyl (C=O) groups is 2. The Morgan fingerprint density at radius 3 is 2.48 bits per heavy atom. The SMILES string of the molecule is CC(=O)c1ccccc1NS(=O)(=O)c1ccc(OCC(=O)O)c(Cl)c1. The molecule has 0 fully saturated rings. The van der Waals surface area contributed by atoms with Crippen molar-refractivity contribution in [3.63, 3.8) is 0 Å². The molecule has 2 aromatic rings. The Morgan fingerprint density at radius 1 is 1.20 bits per heavy atom. The summed E-state index contributed by atoms with van der Waals surface area (Å²) in [6, 6.07) is 9.83.